The molecule has 0 unspecified atom stereocenters. The van der Waals surface area contributed by atoms with E-state index in [-0.39, 0.29) is 30.6 Å². The van der Waals surface area contributed by atoms with Crippen LogP contribution in [0.1, 0.15) is 58.5 Å². The fraction of sp³-hybridized carbons (Fsp3) is 0.440. The van der Waals surface area contributed by atoms with Crippen molar-refractivity contribution >= 4 is 27.8 Å². The molecule has 0 bridgehead atoms. The molecule has 1 fully saturated rings. The average molecular weight is 547 g/mol. The molecule has 1 aliphatic carbocycles. The van der Waals surface area contributed by atoms with Crippen LogP contribution in [0.4, 0.5) is 0 Å². The summed E-state index contributed by atoms with van der Waals surface area (Å²) >= 11 is 0. The number of pyridine rings is 1. The molecule has 12 nitrogen and oxygen atoms in total. The number of nitrogens with zero attached hydrogens (tertiary/aromatic N) is 2. The Bertz CT molecular complexity index is 1410. The lowest BCUT2D eigenvalue weighted by atomic mass is 9.95. The maximum absolute atomic E-state index is 13.4. The summed E-state index contributed by atoms with van der Waals surface area (Å²) < 4.78 is 28.9. The Hall–Kier alpha value is -3.71. The van der Waals surface area contributed by atoms with Crippen LogP contribution in [-0.2, 0) is 21.4 Å². The molecule has 38 heavy (non-hydrogen) atoms. The smallest absolute Gasteiger partial charge is 0.341 e. The van der Waals surface area contributed by atoms with E-state index in [1.165, 1.54) is 12.1 Å². The molecule has 0 spiro atoms. The second-order valence-corrected chi connectivity index (χ2v) is 11.4. The van der Waals surface area contributed by atoms with E-state index in [9.17, 15) is 37.8 Å². The van der Waals surface area contributed by atoms with Crippen molar-refractivity contribution in [1.29, 1.82) is 0 Å². The minimum absolute atomic E-state index is 0.0374. The van der Waals surface area contributed by atoms with Crippen molar-refractivity contribution in [3.63, 3.8) is 0 Å². The van der Waals surface area contributed by atoms with E-state index >= 15 is 0 Å². The molecule has 1 saturated carbocycles. The zero-order valence-corrected chi connectivity index (χ0v) is 21.7. The van der Waals surface area contributed by atoms with Crippen molar-refractivity contribution in [2.45, 2.75) is 62.6 Å². The molecule has 1 aliphatic heterocycles. The van der Waals surface area contributed by atoms with Crippen LogP contribution in [-0.4, -0.2) is 71.1 Å². The number of hydrogen-bond donors (Lipinski definition) is 4. The molecule has 4 rings (SSSR count). The Balaban J connectivity index is 1.61. The van der Waals surface area contributed by atoms with Gasteiger partial charge in [-0.05, 0) is 31.9 Å². The second kappa shape index (κ2) is 11.0. The lowest BCUT2D eigenvalue weighted by Crippen LogP contribution is -2.58. The first-order valence-electron chi connectivity index (χ1n) is 12.4. The van der Waals surface area contributed by atoms with Gasteiger partial charge in [-0.2, -0.15) is 0 Å². The van der Waals surface area contributed by atoms with Gasteiger partial charge in [0.1, 0.15) is 11.6 Å². The van der Waals surface area contributed by atoms with Gasteiger partial charge < -0.3 is 25.0 Å². The van der Waals surface area contributed by atoms with Crippen LogP contribution in [0.2, 0.25) is 0 Å². The van der Waals surface area contributed by atoms with E-state index in [0.717, 1.165) is 53.3 Å². The Morgan fingerprint density at radius 1 is 1.08 bits per heavy atom. The number of aromatic hydroxyl groups is 1. The lowest BCUT2D eigenvalue weighted by Gasteiger charge is -2.38. The van der Waals surface area contributed by atoms with Gasteiger partial charge in [-0.1, -0.05) is 37.0 Å². The first-order valence-corrected chi connectivity index (χ1v) is 13.9. The molecule has 204 valence electrons. The topological polar surface area (TPSA) is 175 Å². The van der Waals surface area contributed by atoms with Gasteiger partial charge in [0.05, 0.1) is 11.4 Å². The zero-order valence-electron chi connectivity index (χ0n) is 20.8. The molecule has 13 heteroatoms. The van der Waals surface area contributed by atoms with Crippen LogP contribution in [0.5, 0.6) is 5.75 Å². The van der Waals surface area contributed by atoms with Crippen molar-refractivity contribution in [2.75, 3.05) is 13.1 Å². The maximum Gasteiger partial charge on any atom is 0.341 e. The summed E-state index contributed by atoms with van der Waals surface area (Å²) in [6.45, 7) is 1.12. The maximum atomic E-state index is 13.4. The number of carbonyl (C=O) groups excluding carboxylic acids is 2. The van der Waals surface area contributed by atoms with Crippen molar-refractivity contribution in [1.82, 2.24) is 19.5 Å². The third-order valence-electron chi connectivity index (χ3n) is 6.93. The second-order valence-electron chi connectivity index (χ2n) is 9.60. The summed E-state index contributed by atoms with van der Waals surface area (Å²) in [6.07, 6.45) is 5.50. The van der Waals surface area contributed by atoms with Crippen LogP contribution in [0, 0.1) is 6.92 Å². The molecule has 0 radical (unpaired) electrons. The molecule has 1 atom stereocenters. The highest BCUT2D eigenvalue weighted by Crippen LogP contribution is 2.25. The quantitative estimate of drug-likeness (QED) is 0.376. The van der Waals surface area contributed by atoms with E-state index in [1.54, 1.807) is 12.1 Å². The van der Waals surface area contributed by atoms with Crippen LogP contribution in [0.3, 0.4) is 0 Å². The van der Waals surface area contributed by atoms with Crippen molar-refractivity contribution < 1.29 is 33.0 Å². The number of amides is 2. The summed E-state index contributed by atoms with van der Waals surface area (Å²) in [7, 11) is -3.90. The van der Waals surface area contributed by atoms with Crippen molar-refractivity contribution in [2.24, 2.45) is 0 Å². The average Bonchev–Trinajstić information content (AvgIpc) is 2.87. The highest BCUT2D eigenvalue weighted by atomic mass is 32.2. The number of carbonyl (C=O) groups is 3. The molecule has 0 saturated heterocycles. The van der Waals surface area contributed by atoms with Gasteiger partial charge in [0.2, 0.25) is 21.4 Å². The summed E-state index contributed by atoms with van der Waals surface area (Å²) in [5.41, 5.74) is -1.52. The predicted octanol–water partition coefficient (Wildman–Crippen LogP) is 0.812. The Morgan fingerprint density at radius 3 is 2.37 bits per heavy atom. The van der Waals surface area contributed by atoms with E-state index in [1.807, 2.05) is 6.92 Å². The summed E-state index contributed by atoms with van der Waals surface area (Å²) in [5, 5.41) is 22.7. The van der Waals surface area contributed by atoms with Gasteiger partial charge >= 0.3 is 5.97 Å². The molecule has 4 N–H and O–H groups in total. The summed E-state index contributed by atoms with van der Waals surface area (Å²) in [5.74, 6) is -3.98. The highest BCUT2D eigenvalue weighted by Gasteiger charge is 2.40. The Labute approximate surface area is 219 Å². The van der Waals surface area contributed by atoms with Crippen LogP contribution < -0.4 is 15.5 Å². The fourth-order valence-electron chi connectivity index (χ4n) is 4.86. The van der Waals surface area contributed by atoms with Crippen molar-refractivity contribution in [3.05, 3.63) is 57.5 Å². The standard InChI is InChI=1S/C25H30N4O8S/c1-15-7-9-17(10-8-15)38(36,37)26-11-12-29-19(23(32)27-16-5-3-2-4-6-16)14-28-13-18(25(34)35)21(30)22(31)20(28)24(29)33/h7-10,13,16,19,26,31H,2-6,11-12,14H2,1H3,(H,27,32)(H,34,35)/t19-/m0/s1. The van der Waals surface area contributed by atoms with E-state index in [2.05, 4.69) is 10.0 Å². The molecule has 1 aromatic heterocycles. The van der Waals surface area contributed by atoms with E-state index in [0.29, 0.717) is 0 Å². The fourth-order valence-corrected chi connectivity index (χ4v) is 5.88. The summed E-state index contributed by atoms with van der Waals surface area (Å²) in [6, 6.07) is 5.00. The largest absolute Gasteiger partial charge is 0.503 e. The van der Waals surface area contributed by atoms with E-state index in [4.69, 9.17) is 0 Å². The van der Waals surface area contributed by atoms with Gasteiger partial charge in [-0.15, -0.1) is 0 Å². The third-order valence-corrected chi connectivity index (χ3v) is 8.40. The molecule has 2 aliphatic rings. The number of benzene rings is 1. The molecular weight excluding hydrogens is 516 g/mol. The van der Waals surface area contributed by atoms with Crippen molar-refractivity contribution in [3.8, 4) is 5.75 Å². The highest BCUT2D eigenvalue weighted by molar-refractivity contribution is 7.89. The lowest BCUT2D eigenvalue weighted by molar-refractivity contribution is -0.127. The summed E-state index contributed by atoms with van der Waals surface area (Å²) in [4.78, 5) is 51.7. The van der Waals surface area contributed by atoms with E-state index < -0.39 is 56.3 Å². The van der Waals surface area contributed by atoms with Crippen LogP contribution in [0.25, 0.3) is 0 Å². The Morgan fingerprint density at radius 2 is 1.74 bits per heavy atom. The molecule has 1 aromatic carbocycles. The minimum atomic E-state index is -3.90. The number of aromatic nitrogens is 1. The number of aryl methyl sites for hydroxylation is 1. The number of carboxylic acid groups (broad SMARTS) is 1. The van der Waals surface area contributed by atoms with Crippen LogP contribution >= 0.6 is 0 Å². The minimum Gasteiger partial charge on any atom is -0.503 e. The first kappa shape index (κ1) is 27.3. The number of fused-ring (bicyclic) bond motifs is 1. The van der Waals surface area contributed by atoms with Crippen LogP contribution in [0.15, 0.2) is 40.2 Å². The van der Waals surface area contributed by atoms with Gasteiger partial charge in [0, 0.05) is 25.3 Å². The number of hydrogen-bond acceptors (Lipinski definition) is 7. The molecule has 2 heterocycles. The SMILES string of the molecule is Cc1ccc(S(=O)(=O)NCCN2C(=O)c3c(O)c(=O)c(C(=O)O)cn3C[C@H]2C(=O)NC2CCCCC2)cc1. The van der Waals surface area contributed by atoms with Gasteiger partial charge in [0.25, 0.3) is 5.91 Å². The monoisotopic (exact) mass is 546 g/mol. The first-order chi connectivity index (χ1) is 18.0. The molecule has 2 amide bonds. The van der Waals surface area contributed by atoms with Gasteiger partial charge in [0.15, 0.2) is 11.4 Å². The Kier molecular flexibility index (Phi) is 7.88. The number of sulfonamides is 1. The predicted molar refractivity (Wildman–Crippen MR) is 136 cm³/mol. The number of aromatic carboxylic acids is 1. The van der Waals surface area contributed by atoms with Gasteiger partial charge in [-0.3, -0.25) is 14.4 Å². The third kappa shape index (κ3) is 5.58. The zero-order chi connectivity index (χ0) is 27.6. The molecular formula is C25H30N4O8S. The number of rotatable bonds is 8. The number of carboxylic acids is 1. The van der Waals surface area contributed by atoms with Gasteiger partial charge in [-0.25, -0.2) is 17.9 Å². The number of nitrogens with one attached hydrogen (secondary N) is 2. The molecule has 2 aromatic rings. The normalized spacial score (nSPS) is 18.2.